The lowest BCUT2D eigenvalue weighted by Gasteiger charge is -2.23. The highest BCUT2D eigenvalue weighted by molar-refractivity contribution is 8.16. The summed E-state index contributed by atoms with van der Waals surface area (Å²) in [7, 11) is -3.71. The second-order valence-electron chi connectivity index (χ2n) is 7.64. The number of hydrogen-bond donors (Lipinski definition) is 1. The van der Waals surface area contributed by atoms with Crippen LogP contribution in [0.1, 0.15) is 5.56 Å². The summed E-state index contributed by atoms with van der Waals surface area (Å²) in [6.45, 7) is 1.01. The summed E-state index contributed by atoms with van der Waals surface area (Å²) >= 11 is 0.769. The topological polar surface area (TPSA) is 117 Å². The molecule has 0 saturated heterocycles. The fourth-order valence-corrected chi connectivity index (χ4v) is 5.59. The Bertz CT molecular complexity index is 1520. The molecule has 0 unspecified atom stereocenters. The second kappa shape index (κ2) is 8.58. The Morgan fingerprint density at radius 2 is 1.85 bits per heavy atom. The molecule has 0 radical (unpaired) electrons. The van der Waals surface area contributed by atoms with Gasteiger partial charge in [-0.2, -0.15) is 9.39 Å². The first-order valence-electron chi connectivity index (χ1n) is 10.3. The van der Waals surface area contributed by atoms with Gasteiger partial charge in [0.2, 0.25) is 20.2 Å². The molecule has 0 spiro atoms. The number of benzene rings is 2. The molecule has 2 aliphatic rings. The monoisotopic (exact) mass is 493 g/mol. The van der Waals surface area contributed by atoms with Crippen LogP contribution in [0.3, 0.4) is 0 Å². The fraction of sp³-hybridized carbons (Fsp3) is 0.130. The lowest BCUT2D eigenvalue weighted by atomic mass is 10.1. The van der Waals surface area contributed by atoms with Gasteiger partial charge in [-0.3, -0.25) is 10.2 Å². The Labute approximate surface area is 200 Å². The van der Waals surface area contributed by atoms with Crippen molar-refractivity contribution in [3.05, 3.63) is 71.9 Å². The van der Waals surface area contributed by atoms with Crippen molar-refractivity contribution >= 4 is 60.8 Å². The molecule has 2 aromatic carbocycles. The van der Waals surface area contributed by atoms with Crippen molar-refractivity contribution in [3.8, 4) is 5.75 Å². The van der Waals surface area contributed by atoms with E-state index in [1.165, 1.54) is 0 Å². The molecule has 1 amide bonds. The first-order chi connectivity index (χ1) is 16.3. The normalized spacial score (nSPS) is 17.2. The van der Waals surface area contributed by atoms with Crippen LogP contribution in [0, 0.1) is 5.41 Å². The predicted molar refractivity (Wildman–Crippen MR) is 134 cm³/mol. The maximum absolute atomic E-state index is 12.7. The van der Waals surface area contributed by atoms with Crippen molar-refractivity contribution in [1.29, 1.82) is 5.41 Å². The number of nitrogens with zero attached hydrogens (tertiary/aromatic N) is 4. The maximum atomic E-state index is 12.7. The smallest absolute Gasteiger partial charge is 0.283 e. The summed E-state index contributed by atoms with van der Waals surface area (Å²) in [6.07, 6.45) is 4.47. The average Bonchev–Trinajstić information content (AvgIpc) is 3.39. The number of hydrogen-bond acceptors (Lipinski definition) is 7. The summed E-state index contributed by atoms with van der Waals surface area (Å²) in [6, 6.07) is 17.2. The summed E-state index contributed by atoms with van der Waals surface area (Å²) in [4.78, 5) is 17.8. The van der Waals surface area contributed by atoms with Gasteiger partial charge in [0.25, 0.3) is 5.91 Å². The second-order valence-corrected chi connectivity index (χ2v) is 10.3. The molecular weight excluding hydrogens is 474 g/mol. The fourth-order valence-electron chi connectivity index (χ4n) is 3.75. The molecule has 3 heterocycles. The number of sulfone groups is 1. The maximum Gasteiger partial charge on any atom is 0.283 e. The van der Waals surface area contributed by atoms with Gasteiger partial charge < -0.3 is 9.30 Å². The highest BCUT2D eigenvalue weighted by Crippen LogP contribution is 2.31. The third kappa shape index (κ3) is 4.03. The molecule has 172 valence electrons. The lowest BCUT2D eigenvalue weighted by molar-refractivity contribution is -0.114. The highest BCUT2D eigenvalue weighted by Gasteiger charge is 2.41. The van der Waals surface area contributed by atoms with Crippen LogP contribution in [0.5, 0.6) is 5.75 Å². The van der Waals surface area contributed by atoms with Gasteiger partial charge in [-0.1, -0.05) is 36.4 Å². The number of aromatic nitrogens is 1. The molecule has 5 rings (SSSR count). The molecule has 1 aromatic heterocycles. The molecule has 1 N–H and O–H groups in total. The average molecular weight is 494 g/mol. The minimum absolute atomic E-state index is 0.00830. The van der Waals surface area contributed by atoms with E-state index < -0.39 is 15.7 Å². The van der Waals surface area contributed by atoms with Gasteiger partial charge in [0.05, 0.1) is 24.1 Å². The van der Waals surface area contributed by atoms with Crippen LogP contribution >= 0.6 is 11.9 Å². The van der Waals surface area contributed by atoms with E-state index in [2.05, 4.69) is 9.39 Å². The lowest BCUT2D eigenvalue weighted by Crippen LogP contribution is -2.45. The van der Waals surface area contributed by atoms with Gasteiger partial charge >= 0.3 is 0 Å². The molecule has 0 aliphatic carbocycles. The summed E-state index contributed by atoms with van der Waals surface area (Å²) in [5, 5.41) is 9.20. The van der Waals surface area contributed by atoms with E-state index >= 15 is 0 Å². The number of amidine groups is 3. The van der Waals surface area contributed by atoms with Crippen LogP contribution in [-0.2, 0) is 21.2 Å². The van der Waals surface area contributed by atoms with Gasteiger partial charge in [0.1, 0.15) is 18.2 Å². The highest BCUT2D eigenvalue weighted by atomic mass is 32.2. The predicted octanol–water partition coefficient (Wildman–Crippen LogP) is 3.34. The molecule has 2 aliphatic heterocycles. The van der Waals surface area contributed by atoms with Crippen molar-refractivity contribution in [2.45, 2.75) is 6.54 Å². The van der Waals surface area contributed by atoms with E-state index in [4.69, 9.17) is 10.1 Å². The molecule has 0 fully saturated rings. The van der Waals surface area contributed by atoms with Crippen molar-refractivity contribution in [2.75, 3.05) is 12.9 Å². The van der Waals surface area contributed by atoms with Gasteiger partial charge in [0, 0.05) is 28.9 Å². The Kier molecular flexibility index (Phi) is 5.58. The quantitative estimate of drug-likeness (QED) is 0.430. The summed E-state index contributed by atoms with van der Waals surface area (Å²) < 4.78 is 35.9. The zero-order valence-corrected chi connectivity index (χ0v) is 19.6. The third-order valence-electron chi connectivity index (χ3n) is 5.29. The van der Waals surface area contributed by atoms with E-state index in [1.807, 2.05) is 65.4 Å². The van der Waals surface area contributed by atoms with Crippen LogP contribution < -0.4 is 4.74 Å². The first kappa shape index (κ1) is 22.1. The Balaban J connectivity index is 1.47. The Morgan fingerprint density at radius 3 is 2.62 bits per heavy atom. The molecule has 3 aromatic rings. The first-order valence-corrected chi connectivity index (χ1v) is 12.9. The minimum Gasteiger partial charge on any atom is -0.492 e. The molecule has 34 heavy (non-hydrogen) atoms. The molecular formula is C23H19N5O4S2. The molecule has 9 nitrogen and oxygen atoms in total. The van der Waals surface area contributed by atoms with Gasteiger partial charge in [-0.15, -0.1) is 0 Å². The van der Waals surface area contributed by atoms with Crippen LogP contribution in [0.15, 0.2) is 75.8 Å². The largest absolute Gasteiger partial charge is 0.492 e. The van der Waals surface area contributed by atoms with Crippen molar-refractivity contribution in [3.63, 3.8) is 0 Å². The van der Waals surface area contributed by atoms with E-state index in [9.17, 15) is 13.2 Å². The van der Waals surface area contributed by atoms with Crippen molar-refractivity contribution < 1.29 is 17.9 Å². The third-order valence-corrected chi connectivity index (χ3v) is 7.04. The number of fused-ring (bicyclic) bond motifs is 2. The number of carbonyl (C=O) groups is 1. The van der Waals surface area contributed by atoms with E-state index in [1.54, 1.807) is 6.08 Å². The standard InChI is InChI=1S/C23H19N5O4S2/c1-34(30,31)23-26-33-22-25-21(29)18(20(24)28(22)23)13-15-14-27(19-10-6-5-9-17(15)19)11-12-32-16-7-3-2-4-8-16/h2-10,13-14,24H,11-12H2,1H3. The summed E-state index contributed by atoms with van der Waals surface area (Å²) in [5.74, 6) is -0.102. The zero-order valence-electron chi connectivity index (χ0n) is 18.0. The molecule has 11 heteroatoms. The molecule has 0 saturated carbocycles. The van der Waals surface area contributed by atoms with Crippen molar-refractivity contribution in [1.82, 2.24) is 9.47 Å². The van der Waals surface area contributed by atoms with E-state index in [0.29, 0.717) is 18.7 Å². The number of para-hydroxylation sites is 2. The zero-order chi connectivity index (χ0) is 23.9. The van der Waals surface area contributed by atoms with Crippen LogP contribution in [0.2, 0.25) is 0 Å². The number of amides is 1. The summed E-state index contributed by atoms with van der Waals surface area (Å²) in [5.41, 5.74) is 1.65. The number of carbonyl (C=O) groups excluding carboxylic acids is 1. The van der Waals surface area contributed by atoms with Crippen LogP contribution in [-0.4, -0.2) is 52.8 Å². The molecule has 0 bridgehead atoms. The number of nitrogens with one attached hydrogen (secondary N) is 1. The van der Waals surface area contributed by atoms with E-state index in [-0.39, 0.29) is 21.7 Å². The van der Waals surface area contributed by atoms with Gasteiger partial charge in [-0.25, -0.2) is 13.3 Å². The van der Waals surface area contributed by atoms with Crippen LogP contribution in [0.25, 0.3) is 17.0 Å². The Morgan fingerprint density at radius 1 is 1.12 bits per heavy atom. The van der Waals surface area contributed by atoms with Gasteiger partial charge in [0.15, 0.2) is 0 Å². The molecule has 0 atom stereocenters. The van der Waals surface area contributed by atoms with Gasteiger partial charge in [-0.05, 0) is 24.3 Å². The SMILES string of the molecule is CS(=O)(=O)C1=NSC2=NC(=O)C(=Cc3cn(CCOc4ccccc4)c4ccccc34)C(=N)N21. The number of rotatable bonds is 5. The minimum atomic E-state index is -3.71. The number of ether oxygens (including phenoxy) is 1. The number of aliphatic imine (C=N–C) groups is 1. The van der Waals surface area contributed by atoms with E-state index in [0.717, 1.165) is 39.8 Å². The Hall–Kier alpha value is -3.70. The van der Waals surface area contributed by atoms with Crippen molar-refractivity contribution in [2.24, 2.45) is 9.39 Å². The van der Waals surface area contributed by atoms with Crippen LogP contribution in [0.4, 0.5) is 0 Å².